The Morgan fingerprint density at radius 1 is 1.13 bits per heavy atom. The molecule has 0 spiro atoms. The van der Waals surface area contributed by atoms with E-state index in [1.807, 2.05) is 30.3 Å². The van der Waals surface area contributed by atoms with Gasteiger partial charge >= 0.3 is 12.1 Å². The first-order valence-electron chi connectivity index (χ1n) is 10.1. The van der Waals surface area contributed by atoms with Crippen LogP contribution >= 0.6 is 11.6 Å². The smallest absolute Gasteiger partial charge is 0.417 e. The van der Waals surface area contributed by atoms with Crippen molar-refractivity contribution in [2.75, 3.05) is 6.61 Å². The van der Waals surface area contributed by atoms with Crippen molar-refractivity contribution in [1.82, 2.24) is 4.90 Å². The van der Waals surface area contributed by atoms with Crippen molar-refractivity contribution >= 4 is 35.1 Å². The fraction of sp³-hybridized carbons (Fsp3) is 0.292. The number of hydrogen-bond acceptors (Lipinski definition) is 4. The number of cyclic esters (lactones) is 1. The number of carboxylic acid groups (broad SMARTS) is 1. The Hall–Kier alpha value is -3.12. The van der Waals surface area contributed by atoms with Crippen molar-refractivity contribution < 1.29 is 24.2 Å². The molecular weight excluding hydrogens is 418 g/mol. The highest BCUT2D eigenvalue weighted by atomic mass is 35.5. The molecule has 0 unspecified atom stereocenters. The van der Waals surface area contributed by atoms with E-state index >= 15 is 0 Å². The molecule has 1 saturated heterocycles. The van der Waals surface area contributed by atoms with Crippen molar-refractivity contribution in [3.63, 3.8) is 0 Å². The van der Waals surface area contributed by atoms with Crippen molar-refractivity contribution in [2.24, 2.45) is 5.41 Å². The molecule has 2 amide bonds. The van der Waals surface area contributed by atoms with E-state index in [-0.39, 0.29) is 18.6 Å². The van der Waals surface area contributed by atoms with Crippen LogP contribution in [0.2, 0.25) is 5.02 Å². The third kappa shape index (κ3) is 3.95. The van der Waals surface area contributed by atoms with Gasteiger partial charge in [0.05, 0.1) is 5.41 Å². The number of hydrogen-bond donors (Lipinski definition) is 1. The van der Waals surface area contributed by atoms with E-state index in [0.717, 1.165) is 16.0 Å². The first-order valence-corrected chi connectivity index (χ1v) is 10.4. The van der Waals surface area contributed by atoms with Gasteiger partial charge in [0.25, 0.3) is 0 Å². The Labute approximate surface area is 185 Å². The minimum absolute atomic E-state index is 0.0322. The molecule has 0 aromatic heterocycles. The molecule has 160 valence electrons. The van der Waals surface area contributed by atoms with Gasteiger partial charge in [-0.1, -0.05) is 61.0 Å². The zero-order chi connectivity index (χ0) is 22.2. The van der Waals surface area contributed by atoms with Crippen LogP contribution in [0, 0.1) is 5.41 Å². The number of carbonyl (C=O) groups is 3. The largest absolute Gasteiger partial charge is 0.478 e. The summed E-state index contributed by atoms with van der Waals surface area (Å²) < 4.78 is 5.19. The number of carboxylic acids is 1. The van der Waals surface area contributed by atoms with Gasteiger partial charge in [-0.2, -0.15) is 0 Å². The fourth-order valence-corrected chi connectivity index (χ4v) is 4.48. The number of benzene rings is 2. The number of halogens is 1. The Kier molecular flexibility index (Phi) is 5.58. The molecule has 2 aliphatic rings. The SMILES string of the molecule is C[C@@]1(C(=O)N2C(=O)OC[C@H]2c2ccccc2)CCC(c2ccc(Cl)cc2)=C(C(=O)O)C1. The van der Waals surface area contributed by atoms with Gasteiger partial charge in [-0.05, 0) is 48.1 Å². The normalized spacial score (nSPS) is 23.6. The summed E-state index contributed by atoms with van der Waals surface area (Å²) in [6, 6.07) is 15.7. The molecule has 31 heavy (non-hydrogen) atoms. The molecule has 6 nitrogen and oxygen atoms in total. The maximum Gasteiger partial charge on any atom is 0.417 e. The van der Waals surface area contributed by atoms with Crippen LogP contribution in [0.1, 0.15) is 43.4 Å². The molecule has 1 fully saturated rings. The summed E-state index contributed by atoms with van der Waals surface area (Å²) in [6.07, 6.45) is 0.171. The third-order valence-corrected chi connectivity index (χ3v) is 6.35. The lowest BCUT2D eigenvalue weighted by molar-refractivity contribution is -0.140. The van der Waals surface area contributed by atoms with Crippen LogP contribution in [0.4, 0.5) is 4.79 Å². The van der Waals surface area contributed by atoms with Gasteiger partial charge in [-0.25, -0.2) is 14.5 Å². The quantitative estimate of drug-likeness (QED) is 0.717. The van der Waals surface area contributed by atoms with Gasteiger partial charge in [0.2, 0.25) is 5.91 Å². The lowest BCUT2D eigenvalue weighted by Gasteiger charge is -2.37. The van der Waals surface area contributed by atoms with Gasteiger partial charge in [-0.3, -0.25) is 4.79 Å². The average Bonchev–Trinajstić information content (AvgIpc) is 3.15. The van der Waals surface area contributed by atoms with E-state index in [0.29, 0.717) is 23.4 Å². The van der Waals surface area contributed by atoms with E-state index in [1.54, 1.807) is 31.2 Å². The molecule has 1 N–H and O–H groups in total. The standard InChI is InChI=1S/C24H22ClNO5/c1-24(22(29)26-20(14-31-23(26)30)16-5-3-2-4-6-16)12-11-18(19(13-24)21(27)28)15-7-9-17(25)10-8-15/h2-10,20H,11-14H2,1H3,(H,27,28)/t20-,24+/m0/s1. The summed E-state index contributed by atoms with van der Waals surface area (Å²) in [4.78, 5) is 39.3. The molecule has 0 saturated carbocycles. The van der Waals surface area contributed by atoms with Crippen molar-refractivity contribution in [3.05, 3.63) is 76.3 Å². The van der Waals surface area contributed by atoms with E-state index in [4.69, 9.17) is 16.3 Å². The van der Waals surface area contributed by atoms with Crippen LogP contribution in [0.15, 0.2) is 60.2 Å². The average molecular weight is 440 g/mol. The van der Waals surface area contributed by atoms with E-state index in [9.17, 15) is 19.5 Å². The predicted molar refractivity (Wildman–Crippen MR) is 115 cm³/mol. The van der Waals surface area contributed by atoms with Crippen molar-refractivity contribution in [3.8, 4) is 0 Å². The molecule has 2 aromatic rings. The number of aliphatic carboxylic acids is 1. The van der Waals surface area contributed by atoms with Gasteiger partial charge in [-0.15, -0.1) is 0 Å². The summed E-state index contributed by atoms with van der Waals surface area (Å²) in [6.45, 7) is 1.81. The molecule has 1 heterocycles. The Balaban J connectivity index is 1.66. The Morgan fingerprint density at radius 3 is 2.45 bits per heavy atom. The molecule has 1 aliphatic carbocycles. The topological polar surface area (TPSA) is 83.9 Å². The summed E-state index contributed by atoms with van der Waals surface area (Å²) >= 11 is 5.96. The maximum atomic E-state index is 13.6. The summed E-state index contributed by atoms with van der Waals surface area (Å²) in [5.41, 5.74) is 1.43. The van der Waals surface area contributed by atoms with Gasteiger partial charge in [0.1, 0.15) is 12.6 Å². The monoisotopic (exact) mass is 439 g/mol. The van der Waals surface area contributed by atoms with Gasteiger partial charge < -0.3 is 9.84 Å². The highest BCUT2D eigenvalue weighted by molar-refractivity contribution is 6.30. The number of nitrogens with zero attached hydrogens (tertiary/aromatic N) is 1. The second kappa shape index (κ2) is 8.19. The molecule has 0 bridgehead atoms. The number of ether oxygens (including phenoxy) is 1. The van der Waals surface area contributed by atoms with Crippen LogP contribution in [-0.4, -0.2) is 34.6 Å². The Bertz CT molecular complexity index is 1060. The van der Waals surface area contributed by atoms with Crippen LogP contribution in [-0.2, 0) is 14.3 Å². The lowest BCUT2D eigenvalue weighted by Crippen LogP contribution is -2.45. The van der Waals surface area contributed by atoms with E-state index < -0.39 is 29.4 Å². The summed E-state index contributed by atoms with van der Waals surface area (Å²) in [5, 5.41) is 10.5. The second-order valence-corrected chi connectivity index (χ2v) is 8.62. The maximum absolute atomic E-state index is 13.6. The van der Waals surface area contributed by atoms with Crippen LogP contribution < -0.4 is 0 Å². The second-order valence-electron chi connectivity index (χ2n) is 8.19. The first kappa shape index (κ1) is 21.1. The predicted octanol–water partition coefficient (Wildman–Crippen LogP) is 5.09. The fourth-order valence-electron chi connectivity index (χ4n) is 4.35. The van der Waals surface area contributed by atoms with E-state index in [1.165, 1.54) is 0 Å². The van der Waals surface area contributed by atoms with Crippen molar-refractivity contribution in [2.45, 2.75) is 32.2 Å². The molecule has 2 atom stereocenters. The third-order valence-electron chi connectivity index (χ3n) is 6.10. The minimum Gasteiger partial charge on any atom is -0.478 e. The number of allylic oxidation sites excluding steroid dienone is 1. The summed E-state index contributed by atoms with van der Waals surface area (Å²) in [5.74, 6) is -1.47. The molecule has 4 rings (SSSR count). The van der Waals surface area contributed by atoms with Crippen molar-refractivity contribution in [1.29, 1.82) is 0 Å². The highest BCUT2D eigenvalue weighted by Gasteiger charge is 2.48. The Morgan fingerprint density at radius 2 is 1.81 bits per heavy atom. The zero-order valence-corrected chi connectivity index (χ0v) is 17.8. The minimum atomic E-state index is -1.06. The summed E-state index contributed by atoms with van der Waals surface area (Å²) in [7, 11) is 0. The number of imide groups is 1. The molecule has 0 radical (unpaired) electrons. The molecule has 1 aliphatic heterocycles. The van der Waals surface area contributed by atoms with E-state index in [2.05, 4.69) is 0 Å². The number of amides is 2. The van der Waals surface area contributed by atoms with Gasteiger partial charge in [0.15, 0.2) is 0 Å². The first-order chi connectivity index (χ1) is 14.8. The van der Waals surface area contributed by atoms with Crippen LogP contribution in [0.3, 0.4) is 0 Å². The zero-order valence-electron chi connectivity index (χ0n) is 17.0. The molecular formula is C24H22ClNO5. The van der Waals surface area contributed by atoms with Gasteiger partial charge in [0, 0.05) is 10.6 Å². The molecule has 7 heteroatoms. The lowest BCUT2D eigenvalue weighted by atomic mass is 9.70. The molecule has 2 aromatic carbocycles. The number of rotatable bonds is 4. The van der Waals surface area contributed by atoms with Crippen LogP contribution in [0.5, 0.6) is 0 Å². The number of carbonyl (C=O) groups excluding carboxylic acids is 2. The van der Waals surface area contributed by atoms with Crippen LogP contribution in [0.25, 0.3) is 5.57 Å². The highest BCUT2D eigenvalue weighted by Crippen LogP contribution is 2.46.